The van der Waals surface area contributed by atoms with E-state index in [1.54, 1.807) is 0 Å². The van der Waals surface area contributed by atoms with Crippen LogP contribution in [-0.4, -0.2) is 15.0 Å². The summed E-state index contributed by atoms with van der Waals surface area (Å²) >= 11 is 6.33. The van der Waals surface area contributed by atoms with Gasteiger partial charge in [-0.1, -0.05) is 84.9 Å². The van der Waals surface area contributed by atoms with Crippen LogP contribution in [0.25, 0.3) is 66.6 Å². The number of hydrogen-bond donors (Lipinski definition) is 0. The Morgan fingerprint density at radius 1 is 0.472 bits per heavy atom. The maximum atomic E-state index is 6.33. The van der Waals surface area contributed by atoms with Gasteiger partial charge in [-0.25, -0.2) is 4.98 Å². The summed E-state index contributed by atoms with van der Waals surface area (Å²) in [6.07, 6.45) is 0. The second-order valence-corrected chi connectivity index (χ2v) is 9.04. The van der Waals surface area contributed by atoms with Crippen molar-refractivity contribution in [3.63, 3.8) is 0 Å². The van der Waals surface area contributed by atoms with Crippen molar-refractivity contribution >= 4 is 44.3 Å². The summed E-state index contributed by atoms with van der Waals surface area (Å²) in [6, 6.07) is 37.0. The van der Waals surface area contributed by atoms with Crippen LogP contribution in [0.15, 0.2) is 114 Å². The van der Waals surface area contributed by atoms with Gasteiger partial charge >= 0.3 is 0 Å². The van der Waals surface area contributed by atoms with E-state index >= 15 is 0 Å². The van der Waals surface area contributed by atoms with Gasteiger partial charge in [0.25, 0.3) is 0 Å². The lowest BCUT2D eigenvalue weighted by atomic mass is 10.0. The zero-order chi connectivity index (χ0) is 24.1. The lowest BCUT2D eigenvalue weighted by Crippen LogP contribution is -1.97. The predicted octanol–water partition coefficient (Wildman–Crippen LogP) is 8.58. The van der Waals surface area contributed by atoms with Crippen LogP contribution in [0.3, 0.4) is 0 Å². The molecular weight excluding hydrogens is 466 g/mol. The van der Waals surface area contributed by atoms with E-state index in [0.717, 1.165) is 44.2 Å². The first kappa shape index (κ1) is 20.8. The second kappa shape index (κ2) is 8.29. The van der Waals surface area contributed by atoms with Gasteiger partial charge in [0, 0.05) is 21.9 Å². The summed E-state index contributed by atoms with van der Waals surface area (Å²) < 4.78 is 6.04. The molecule has 36 heavy (non-hydrogen) atoms. The van der Waals surface area contributed by atoms with E-state index in [1.807, 2.05) is 48.5 Å². The van der Waals surface area contributed by atoms with Crippen molar-refractivity contribution in [2.24, 2.45) is 0 Å². The van der Waals surface area contributed by atoms with Gasteiger partial charge in [-0.2, -0.15) is 9.97 Å². The van der Waals surface area contributed by atoms with Crippen LogP contribution >= 0.6 is 11.6 Å². The molecule has 0 aliphatic carbocycles. The van der Waals surface area contributed by atoms with Crippen molar-refractivity contribution in [1.29, 1.82) is 0 Å². The average molecular weight is 484 g/mol. The summed E-state index contributed by atoms with van der Waals surface area (Å²) in [4.78, 5) is 13.5. The number of rotatable bonds is 3. The smallest absolute Gasteiger partial charge is 0.226 e. The molecule has 0 fully saturated rings. The number of fused-ring (bicyclic) bond motifs is 4. The quantitative estimate of drug-likeness (QED) is 0.252. The number of hydrogen-bond acceptors (Lipinski definition) is 4. The van der Waals surface area contributed by atoms with Gasteiger partial charge in [-0.3, -0.25) is 0 Å². The Labute approximate surface area is 211 Å². The molecule has 0 radical (unpaired) electrons. The van der Waals surface area contributed by atoms with Crippen LogP contribution in [-0.2, 0) is 0 Å². The molecule has 0 aliphatic heterocycles. The zero-order valence-electron chi connectivity index (χ0n) is 19.0. The Kier molecular flexibility index (Phi) is 4.79. The van der Waals surface area contributed by atoms with E-state index in [0.29, 0.717) is 11.6 Å². The lowest BCUT2D eigenvalue weighted by Gasteiger charge is -2.07. The maximum Gasteiger partial charge on any atom is 0.226 e. The molecule has 0 unspecified atom stereocenters. The molecule has 7 rings (SSSR count). The molecule has 2 heterocycles. The Morgan fingerprint density at radius 3 is 1.97 bits per heavy atom. The van der Waals surface area contributed by atoms with Crippen molar-refractivity contribution < 1.29 is 4.42 Å². The van der Waals surface area contributed by atoms with Crippen LogP contribution < -0.4 is 0 Å². The number of halogens is 1. The maximum absolute atomic E-state index is 6.33. The van der Waals surface area contributed by atoms with Gasteiger partial charge in [0.2, 0.25) is 5.28 Å². The topological polar surface area (TPSA) is 51.8 Å². The molecular formula is C31H18ClN3O. The van der Waals surface area contributed by atoms with E-state index in [2.05, 4.69) is 70.6 Å². The van der Waals surface area contributed by atoms with Crippen molar-refractivity contribution in [3.8, 4) is 33.9 Å². The van der Waals surface area contributed by atoms with Gasteiger partial charge in [0.05, 0.1) is 0 Å². The summed E-state index contributed by atoms with van der Waals surface area (Å²) in [6.45, 7) is 0. The molecule has 4 nitrogen and oxygen atoms in total. The summed E-state index contributed by atoms with van der Waals surface area (Å²) in [5.74, 6) is 1.03. The normalized spacial score (nSPS) is 11.5. The van der Waals surface area contributed by atoms with Crippen molar-refractivity contribution in [2.45, 2.75) is 0 Å². The first-order valence-electron chi connectivity index (χ1n) is 11.6. The number of para-hydroxylation sites is 1. The fourth-order valence-electron chi connectivity index (χ4n) is 4.65. The van der Waals surface area contributed by atoms with Crippen LogP contribution in [0.5, 0.6) is 0 Å². The van der Waals surface area contributed by atoms with Gasteiger partial charge in [0.1, 0.15) is 11.2 Å². The van der Waals surface area contributed by atoms with E-state index in [1.165, 1.54) is 10.8 Å². The highest BCUT2D eigenvalue weighted by Crippen LogP contribution is 2.32. The highest BCUT2D eigenvalue weighted by atomic mass is 35.5. The predicted molar refractivity (Wildman–Crippen MR) is 146 cm³/mol. The van der Waals surface area contributed by atoms with E-state index in [4.69, 9.17) is 21.0 Å². The van der Waals surface area contributed by atoms with Crippen LogP contribution in [0.4, 0.5) is 0 Å². The molecule has 5 aromatic carbocycles. The third-order valence-corrected chi connectivity index (χ3v) is 6.64. The van der Waals surface area contributed by atoms with Crippen LogP contribution in [0.2, 0.25) is 5.28 Å². The molecule has 2 aromatic heterocycles. The lowest BCUT2D eigenvalue weighted by molar-refractivity contribution is 0.669. The standard InChI is InChI=1S/C31H18ClN3O/c32-31-34-29(21-12-9-20(10-13-21)23-14-11-19-5-1-2-6-22(19)17-23)33-30(35-31)24-15-16-26-25-7-3-4-8-27(25)36-28(26)18-24/h1-18H. The highest BCUT2D eigenvalue weighted by Gasteiger charge is 2.13. The Morgan fingerprint density at radius 2 is 1.11 bits per heavy atom. The molecule has 0 aliphatic rings. The number of aromatic nitrogens is 3. The minimum absolute atomic E-state index is 0.151. The van der Waals surface area contributed by atoms with E-state index < -0.39 is 0 Å². The third-order valence-electron chi connectivity index (χ3n) is 6.47. The fraction of sp³-hybridized carbons (Fsp3) is 0. The Balaban J connectivity index is 1.25. The van der Waals surface area contributed by atoms with Gasteiger partial charge in [-0.05, 0) is 57.8 Å². The summed E-state index contributed by atoms with van der Waals surface area (Å²) in [5, 5.41) is 4.73. The molecule has 0 atom stereocenters. The molecule has 7 aromatic rings. The van der Waals surface area contributed by atoms with E-state index in [-0.39, 0.29) is 5.28 Å². The molecule has 0 saturated carbocycles. The first-order valence-corrected chi connectivity index (χ1v) is 12.0. The van der Waals surface area contributed by atoms with Crippen molar-refractivity contribution in [3.05, 3.63) is 114 Å². The molecule has 170 valence electrons. The van der Waals surface area contributed by atoms with Crippen molar-refractivity contribution in [2.75, 3.05) is 0 Å². The SMILES string of the molecule is Clc1nc(-c2ccc(-c3ccc4ccccc4c3)cc2)nc(-c2ccc3c(c2)oc2ccccc23)n1. The second-order valence-electron chi connectivity index (χ2n) is 8.70. The van der Waals surface area contributed by atoms with Gasteiger partial charge in [0.15, 0.2) is 11.6 Å². The number of benzene rings is 5. The highest BCUT2D eigenvalue weighted by molar-refractivity contribution is 6.28. The average Bonchev–Trinajstić information content (AvgIpc) is 3.30. The third kappa shape index (κ3) is 3.60. The minimum Gasteiger partial charge on any atom is -0.456 e. The molecule has 0 spiro atoms. The molecule has 0 N–H and O–H groups in total. The van der Waals surface area contributed by atoms with Crippen LogP contribution in [0, 0.1) is 0 Å². The van der Waals surface area contributed by atoms with Crippen LogP contribution in [0.1, 0.15) is 0 Å². The largest absolute Gasteiger partial charge is 0.456 e. The monoisotopic (exact) mass is 483 g/mol. The number of nitrogens with zero attached hydrogens (tertiary/aromatic N) is 3. The van der Waals surface area contributed by atoms with Gasteiger partial charge in [-0.15, -0.1) is 0 Å². The van der Waals surface area contributed by atoms with Crippen molar-refractivity contribution in [1.82, 2.24) is 15.0 Å². The first-order chi connectivity index (χ1) is 17.7. The van der Waals surface area contributed by atoms with Gasteiger partial charge < -0.3 is 4.42 Å². The summed E-state index contributed by atoms with van der Waals surface area (Å²) in [7, 11) is 0. The Bertz CT molecular complexity index is 1910. The molecule has 5 heteroatoms. The van der Waals surface area contributed by atoms with E-state index in [9.17, 15) is 0 Å². The fourth-order valence-corrected chi connectivity index (χ4v) is 4.81. The molecule has 0 amide bonds. The number of furan rings is 1. The Hall–Kier alpha value is -4.54. The zero-order valence-corrected chi connectivity index (χ0v) is 19.8. The molecule has 0 saturated heterocycles. The molecule has 0 bridgehead atoms. The minimum atomic E-state index is 0.151. The summed E-state index contributed by atoms with van der Waals surface area (Å²) in [5.41, 5.74) is 5.61.